The van der Waals surface area contributed by atoms with E-state index < -0.39 is 5.54 Å². The molecule has 20 heavy (non-hydrogen) atoms. The summed E-state index contributed by atoms with van der Waals surface area (Å²) in [7, 11) is 0. The number of rotatable bonds is 4. The van der Waals surface area contributed by atoms with E-state index in [-0.39, 0.29) is 17.7 Å². The lowest BCUT2D eigenvalue weighted by molar-refractivity contribution is 0.154. The predicted molar refractivity (Wildman–Crippen MR) is 70.7 cm³/mol. The molecular formula is C12H19N5O3. The first kappa shape index (κ1) is 14.3. The van der Waals surface area contributed by atoms with E-state index in [9.17, 15) is 4.79 Å². The molecule has 2 aromatic heterocycles. The summed E-state index contributed by atoms with van der Waals surface area (Å²) in [6.45, 7) is 9.93. The number of aromatic nitrogens is 5. The van der Waals surface area contributed by atoms with E-state index in [4.69, 9.17) is 9.26 Å². The van der Waals surface area contributed by atoms with Crippen LogP contribution in [0.2, 0.25) is 0 Å². The van der Waals surface area contributed by atoms with E-state index >= 15 is 0 Å². The molecule has 0 radical (unpaired) electrons. The van der Waals surface area contributed by atoms with Gasteiger partial charge in [0.25, 0.3) is 5.88 Å². The van der Waals surface area contributed by atoms with Crippen LogP contribution in [-0.4, -0.2) is 32.0 Å². The zero-order valence-electron chi connectivity index (χ0n) is 12.3. The van der Waals surface area contributed by atoms with Gasteiger partial charge in [-0.1, -0.05) is 20.8 Å². The zero-order chi connectivity index (χ0) is 15.0. The summed E-state index contributed by atoms with van der Waals surface area (Å²) in [5, 5.41) is 13.3. The second-order valence-electron chi connectivity index (χ2n) is 6.30. The average molecular weight is 281 g/mol. The molecule has 0 aromatic carbocycles. The van der Waals surface area contributed by atoms with Crippen molar-refractivity contribution in [2.24, 2.45) is 0 Å². The van der Waals surface area contributed by atoms with Gasteiger partial charge in [0.15, 0.2) is 0 Å². The lowest BCUT2D eigenvalue weighted by atomic mass is 9.94. The van der Waals surface area contributed by atoms with Crippen molar-refractivity contribution in [2.75, 3.05) is 6.61 Å². The number of tetrazole rings is 1. The quantitative estimate of drug-likeness (QED) is 0.899. The summed E-state index contributed by atoms with van der Waals surface area (Å²) in [6.07, 6.45) is 0. The minimum atomic E-state index is -0.648. The molecule has 0 aliphatic rings. The van der Waals surface area contributed by atoms with Crippen LogP contribution in [0.25, 0.3) is 0 Å². The van der Waals surface area contributed by atoms with Gasteiger partial charge in [-0.25, -0.2) is 9.89 Å². The maximum atomic E-state index is 11.5. The molecule has 0 aliphatic heterocycles. The van der Waals surface area contributed by atoms with Gasteiger partial charge in [-0.15, -0.1) is 0 Å². The van der Waals surface area contributed by atoms with Crippen molar-refractivity contribution in [3.05, 3.63) is 22.3 Å². The van der Waals surface area contributed by atoms with Gasteiger partial charge < -0.3 is 9.26 Å². The topological polar surface area (TPSA) is 98.8 Å². The molecule has 0 atom stereocenters. The highest BCUT2D eigenvalue weighted by molar-refractivity contribution is 5.17. The fraction of sp³-hybridized carbons (Fsp3) is 0.667. The Kier molecular flexibility index (Phi) is 3.41. The van der Waals surface area contributed by atoms with Gasteiger partial charge in [0.05, 0.1) is 5.54 Å². The van der Waals surface area contributed by atoms with Crippen molar-refractivity contribution in [1.29, 1.82) is 0 Å². The summed E-state index contributed by atoms with van der Waals surface area (Å²) >= 11 is 0. The molecule has 0 aliphatic carbocycles. The van der Waals surface area contributed by atoms with E-state index in [1.807, 2.05) is 34.6 Å². The first-order valence-corrected chi connectivity index (χ1v) is 6.31. The van der Waals surface area contributed by atoms with Gasteiger partial charge in [0, 0.05) is 11.5 Å². The van der Waals surface area contributed by atoms with E-state index in [1.54, 1.807) is 6.07 Å². The molecule has 0 fully saturated rings. The van der Waals surface area contributed by atoms with Crippen LogP contribution >= 0.6 is 0 Å². The van der Waals surface area contributed by atoms with E-state index in [0.717, 1.165) is 5.76 Å². The van der Waals surface area contributed by atoms with Crippen molar-refractivity contribution in [3.8, 4) is 5.88 Å². The van der Waals surface area contributed by atoms with Crippen LogP contribution in [0.15, 0.2) is 15.4 Å². The number of ether oxygens (including phenoxy) is 1. The fourth-order valence-electron chi connectivity index (χ4n) is 1.59. The van der Waals surface area contributed by atoms with Gasteiger partial charge in [0.2, 0.25) is 0 Å². The maximum absolute atomic E-state index is 11.5. The number of nitrogens with zero attached hydrogens (tertiary/aromatic N) is 4. The molecule has 2 heterocycles. The van der Waals surface area contributed by atoms with Crippen molar-refractivity contribution < 1.29 is 9.26 Å². The molecule has 1 N–H and O–H groups in total. The summed E-state index contributed by atoms with van der Waals surface area (Å²) in [5.41, 5.74) is -1.16. The number of nitrogens with one attached hydrogen (secondary N) is 1. The van der Waals surface area contributed by atoms with Crippen molar-refractivity contribution >= 4 is 0 Å². The third-order valence-corrected chi connectivity index (χ3v) is 2.85. The molecule has 0 saturated heterocycles. The van der Waals surface area contributed by atoms with E-state index in [2.05, 4.69) is 20.7 Å². The number of H-pyrrole nitrogens is 1. The van der Waals surface area contributed by atoms with Gasteiger partial charge in [-0.05, 0) is 29.4 Å². The minimum absolute atomic E-state index is 0.132. The first-order chi connectivity index (χ1) is 9.20. The van der Waals surface area contributed by atoms with Gasteiger partial charge >= 0.3 is 5.69 Å². The van der Waals surface area contributed by atoms with Crippen LogP contribution in [-0.2, 0) is 11.0 Å². The maximum Gasteiger partial charge on any atom is 0.361 e. The van der Waals surface area contributed by atoms with Crippen molar-refractivity contribution in [2.45, 2.75) is 45.6 Å². The van der Waals surface area contributed by atoms with E-state index in [0.29, 0.717) is 5.88 Å². The molecule has 8 nitrogen and oxygen atoms in total. The van der Waals surface area contributed by atoms with Crippen molar-refractivity contribution in [1.82, 2.24) is 25.4 Å². The Hall–Kier alpha value is -2.12. The Balaban J connectivity index is 2.07. The second-order valence-corrected chi connectivity index (χ2v) is 6.30. The Morgan fingerprint density at radius 2 is 2.05 bits per heavy atom. The van der Waals surface area contributed by atoms with Crippen LogP contribution in [0.4, 0.5) is 0 Å². The smallest absolute Gasteiger partial charge is 0.361 e. The normalized spacial score (nSPS) is 12.7. The standard InChI is InChI=1S/C12H19N5O3/c1-11(2,3)8-6-9(14-20-8)19-7-12(4,5)17-10(18)13-15-16-17/h6H,7H2,1-5H3,(H,13,16,18). The molecule has 2 rings (SSSR count). The SMILES string of the molecule is CC(C)(C)c1cc(OCC(C)(C)n2nn[nH]c2=O)no1. The Morgan fingerprint density at radius 1 is 1.35 bits per heavy atom. The predicted octanol–water partition coefficient (Wildman–Crippen LogP) is 1.07. The molecule has 110 valence electrons. The summed E-state index contributed by atoms with van der Waals surface area (Å²) in [4.78, 5) is 11.5. The average Bonchev–Trinajstić information content (AvgIpc) is 2.94. The monoisotopic (exact) mass is 281 g/mol. The minimum Gasteiger partial charge on any atom is -0.473 e. The van der Waals surface area contributed by atoms with Gasteiger partial charge in [-0.3, -0.25) is 0 Å². The second kappa shape index (κ2) is 4.77. The summed E-state index contributed by atoms with van der Waals surface area (Å²) in [6, 6.07) is 1.75. The molecule has 0 spiro atoms. The van der Waals surface area contributed by atoms with Gasteiger partial charge in [0.1, 0.15) is 12.4 Å². The Labute approximate surface area is 116 Å². The number of aromatic amines is 1. The van der Waals surface area contributed by atoms with Crippen LogP contribution < -0.4 is 10.4 Å². The molecule has 0 bridgehead atoms. The van der Waals surface area contributed by atoms with Crippen molar-refractivity contribution in [3.63, 3.8) is 0 Å². The highest BCUT2D eigenvalue weighted by Gasteiger charge is 2.26. The number of hydrogen-bond donors (Lipinski definition) is 1. The summed E-state index contributed by atoms with van der Waals surface area (Å²) in [5.74, 6) is 1.13. The van der Waals surface area contributed by atoms with Crippen LogP contribution in [0.5, 0.6) is 5.88 Å². The Bertz CT molecular complexity index is 632. The molecule has 0 saturated carbocycles. The highest BCUT2D eigenvalue weighted by Crippen LogP contribution is 2.26. The molecule has 0 unspecified atom stereocenters. The lowest BCUT2D eigenvalue weighted by Gasteiger charge is -2.22. The Morgan fingerprint density at radius 3 is 2.55 bits per heavy atom. The third-order valence-electron chi connectivity index (χ3n) is 2.85. The van der Waals surface area contributed by atoms with Crippen LogP contribution in [0.3, 0.4) is 0 Å². The third kappa shape index (κ3) is 2.89. The zero-order valence-corrected chi connectivity index (χ0v) is 12.3. The molecular weight excluding hydrogens is 262 g/mol. The molecule has 8 heteroatoms. The lowest BCUT2D eigenvalue weighted by Crippen LogP contribution is -2.40. The summed E-state index contributed by atoms with van der Waals surface area (Å²) < 4.78 is 12.0. The largest absolute Gasteiger partial charge is 0.473 e. The van der Waals surface area contributed by atoms with Gasteiger partial charge in [-0.2, -0.15) is 4.68 Å². The first-order valence-electron chi connectivity index (χ1n) is 6.31. The van der Waals surface area contributed by atoms with Crippen LogP contribution in [0, 0.1) is 0 Å². The highest BCUT2D eigenvalue weighted by atomic mass is 16.5. The molecule has 2 aromatic rings. The van der Waals surface area contributed by atoms with Crippen LogP contribution in [0.1, 0.15) is 40.4 Å². The fourth-order valence-corrected chi connectivity index (χ4v) is 1.59. The van der Waals surface area contributed by atoms with E-state index in [1.165, 1.54) is 4.68 Å². The molecule has 0 amide bonds. The number of hydrogen-bond acceptors (Lipinski definition) is 6.